The summed E-state index contributed by atoms with van der Waals surface area (Å²) in [5.74, 6) is -0.140. The van der Waals surface area contributed by atoms with E-state index in [0.29, 0.717) is 22.5 Å². The molecule has 0 amide bonds. The number of aryl methyl sites for hydroxylation is 1. The second kappa shape index (κ2) is 4.61. The van der Waals surface area contributed by atoms with Crippen LogP contribution in [0, 0.1) is 0 Å². The zero-order valence-corrected chi connectivity index (χ0v) is 10.3. The molecule has 2 aromatic rings. The highest BCUT2D eigenvalue weighted by Gasteiger charge is 2.19. The highest BCUT2D eigenvalue weighted by Crippen LogP contribution is 2.20. The summed E-state index contributed by atoms with van der Waals surface area (Å²) in [6.45, 7) is 2.69. The second-order valence-electron chi connectivity index (χ2n) is 3.28. The van der Waals surface area contributed by atoms with Crippen LogP contribution >= 0.6 is 15.9 Å². The third-order valence-electron chi connectivity index (χ3n) is 2.15. The topological polar surface area (TPSA) is 60.9 Å². The molecule has 6 heteroatoms. The lowest BCUT2D eigenvalue weighted by Gasteiger charge is -2.02. The Balaban J connectivity index is 2.34. The largest absolute Gasteiger partial charge is 0.457 e. The third kappa shape index (κ3) is 1.92. The van der Waals surface area contributed by atoms with Gasteiger partial charge in [0.05, 0.1) is 18.0 Å². The molecule has 0 N–H and O–H groups in total. The van der Waals surface area contributed by atoms with Crippen LogP contribution in [-0.2, 0) is 6.54 Å². The van der Waals surface area contributed by atoms with Gasteiger partial charge in [-0.3, -0.25) is 4.79 Å². The van der Waals surface area contributed by atoms with Crippen LogP contribution in [0.1, 0.15) is 29.4 Å². The molecule has 0 aliphatic rings. The first-order chi connectivity index (χ1) is 7.74. The molecule has 0 bridgehead atoms. The van der Waals surface area contributed by atoms with Crippen molar-refractivity contribution in [1.29, 1.82) is 0 Å². The van der Waals surface area contributed by atoms with Gasteiger partial charge in [0, 0.05) is 6.54 Å². The fraction of sp³-hybridized carbons (Fsp3) is 0.300. The van der Waals surface area contributed by atoms with E-state index in [1.54, 1.807) is 10.7 Å². The molecule has 16 heavy (non-hydrogen) atoms. The van der Waals surface area contributed by atoms with Crippen LogP contribution in [-0.4, -0.2) is 20.8 Å². The highest BCUT2D eigenvalue weighted by molar-refractivity contribution is 9.10. The van der Waals surface area contributed by atoms with Crippen LogP contribution in [0.15, 0.2) is 27.6 Å². The van der Waals surface area contributed by atoms with Gasteiger partial charge < -0.3 is 4.42 Å². The van der Waals surface area contributed by atoms with Crippen molar-refractivity contribution in [3.63, 3.8) is 0 Å². The number of aromatic nitrogens is 3. The average molecular weight is 284 g/mol. The van der Waals surface area contributed by atoms with Crippen LogP contribution in [0.2, 0.25) is 0 Å². The first-order valence-corrected chi connectivity index (χ1v) is 5.69. The van der Waals surface area contributed by atoms with Crippen LogP contribution in [0.25, 0.3) is 0 Å². The number of rotatable bonds is 4. The Morgan fingerprint density at radius 3 is 3.06 bits per heavy atom. The summed E-state index contributed by atoms with van der Waals surface area (Å²) in [7, 11) is 0. The Bertz CT molecular complexity index is 504. The molecule has 0 spiro atoms. The van der Waals surface area contributed by atoms with Crippen molar-refractivity contribution in [1.82, 2.24) is 15.0 Å². The van der Waals surface area contributed by atoms with Crippen LogP contribution in [0.5, 0.6) is 0 Å². The van der Waals surface area contributed by atoms with Crippen molar-refractivity contribution in [2.45, 2.75) is 19.9 Å². The average Bonchev–Trinajstić information content (AvgIpc) is 2.87. The summed E-state index contributed by atoms with van der Waals surface area (Å²) >= 11 is 3.18. The summed E-state index contributed by atoms with van der Waals surface area (Å²) in [5.41, 5.74) is 0.962. The van der Waals surface area contributed by atoms with E-state index in [1.165, 1.54) is 12.5 Å². The Hall–Kier alpha value is -1.43. The van der Waals surface area contributed by atoms with E-state index in [4.69, 9.17) is 4.42 Å². The zero-order valence-electron chi connectivity index (χ0n) is 8.68. The lowest BCUT2D eigenvalue weighted by Crippen LogP contribution is -2.11. The minimum Gasteiger partial charge on any atom is -0.457 e. The first-order valence-electron chi connectivity index (χ1n) is 4.90. The number of ketones is 1. The summed E-state index contributed by atoms with van der Waals surface area (Å²) in [4.78, 5) is 12.1. The minimum absolute atomic E-state index is 0.140. The standard InChI is InChI=1S/C10H10BrN3O2/c1-2-4-14-8(6-12-13-14)9(15)7-3-5-16-10(7)11/h3,5-6H,2,4H2,1H3. The van der Waals surface area contributed by atoms with Crippen LogP contribution in [0.3, 0.4) is 0 Å². The zero-order chi connectivity index (χ0) is 11.5. The van der Waals surface area contributed by atoms with Crippen LogP contribution in [0.4, 0.5) is 0 Å². The Morgan fingerprint density at radius 2 is 2.44 bits per heavy atom. The quantitative estimate of drug-likeness (QED) is 0.808. The van der Waals surface area contributed by atoms with E-state index in [-0.39, 0.29) is 5.78 Å². The summed E-state index contributed by atoms with van der Waals surface area (Å²) in [5, 5.41) is 7.61. The van der Waals surface area contributed by atoms with Gasteiger partial charge in [0.1, 0.15) is 5.69 Å². The van der Waals surface area contributed by atoms with Crippen molar-refractivity contribution in [2.75, 3.05) is 0 Å². The van der Waals surface area contributed by atoms with Gasteiger partial charge in [0.2, 0.25) is 5.78 Å². The number of carbonyl (C=O) groups is 1. The number of furan rings is 1. The SMILES string of the molecule is CCCn1nncc1C(=O)c1ccoc1Br. The Kier molecular flexibility index (Phi) is 3.19. The van der Waals surface area contributed by atoms with Crippen molar-refractivity contribution in [3.8, 4) is 0 Å². The smallest absolute Gasteiger partial charge is 0.217 e. The second-order valence-corrected chi connectivity index (χ2v) is 4.00. The van der Waals surface area contributed by atoms with Gasteiger partial charge in [0.15, 0.2) is 4.67 Å². The highest BCUT2D eigenvalue weighted by atomic mass is 79.9. The fourth-order valence-corrected chi connectivity index (χ4v) is 1.82. The van der Waals surface area contributed by atoms with E-state index in [1.807, 2.05) is 6.92 Å². The molecule has 0 saturated heterocycles. The maximum Gasteiger partial charge on any atom is 0.217 e. The first kappa shape index (κ1) is 11.1. The maximum atomic E-state index is 12.1. The number of hydrogen-bond acceptors (Lipinski definition) is 4. The van der Waals surface area contributed by atoms with Gasteiger partial charge in [-0.1, -0.05) is 12.1 Å². The molecule has 2 heterocycles. The monoisotopic (exact) mass is 283 g/mol. The van der Waals surface area contributed by atoms with E-state index >= 15 is 0 Å². The Morgan fingerprint density at radius 1 is 1.62 bits per heavy atom. The predicted octanol–water partition coefficient (Wildman–Crippen LogP) is 2.27. The molecular formula is C10H10BrN3O2. The predicted molar refractivity (Wildman–Crippen MR) is 60.2 cm³/mol. The van der Waals surface area contributed by atoms with Gasteiger partial charge in [0.25, 0.3) is 0 Å². The molecule has 0 unspecified atom stereocenters. The van der Waals surface area contributed by atoms with Crippen molar-refractivity contribution < 1.29 is 9.21 Å². The molecule has 0 fully saturated rings. The lowest BCUT2D eigenvalue weighted by molar-refractivity contribution is 0.102. The van der Waals surface area contributed by atoms with Gasteiger partial charge in [-0.15, -0.1) is 5.10 Å². The molecule has 0 aliphatic heterocycles. The molecule has 0 atom stereocenters. The lowest BCUT2D eigenvalue weighted by atomic mass is 10.2. The molecule has 2 aromatic heterocycles. The van der Waals surface area contributed by atoms with Crippen LogP contribution < -0.4 is 0 Å². The molecule has 0 aliphatic carbocycles. The van der Waals surface area contributed by atoms with Crippen molar-refractivity contribution in [3.05, 3.63) is 34.5 Å². The molecule has 0 aromatic carbocycles. The molecule has 84 valence electrons. The van der Waals surface area contributed by atoms with Crippen molar-refractivity contribution >= 4 is 21.7 Å². The summed E-state index contributed by atoms with van der Waals surface area (Å²) in [6.07, 6.45) is 3.83. The molecular weight excluding hydrogens is 274 g/mol. The number of carbonyl (C=O) groups excluding carboxylic acids is 1. The van der Waals surface area contributed by atoms with E-state index in [2.05, 4.69) is 26.2 Å². The van der Waals surface area contributed by atoms with E-state index < -0.39 is 0 Å². The normalized spacial score (nSPS) is 10.6. The third-order valence-corrected chi connectivity index (χ3v) is 2.76. The van der Waals surface area contributed by atoms with Crippen molar-refractivity contribution in [2.24, 2.45) is 0 Å². The number of halogens is 1. The van der Waals surface area contributed by atoms with Gasteiger partial charge in [-0.2, -0.15) is 0 Å². The van der Waals surface area contributed by atoms with E-state index in [0.717, 1.165) is 6.42 Å². The van der Waals surface area contributed by atoms with Gasteiger partial charge in [-0.25, -0.2) is 4.68 Å². The van der Waals surface area contributed by atoms with Gasteiger partial charge in [-0.05, 0) is 28.4 Å². The maximum absolute atomic E-state index is 12.1. The Labute approximate surface area is 101 Å². The summed E-state index contributed by atoms with van der Waals surface area (Å²) < 4.78 is 7.06. The molecule has 0 radical (unpaired) electrons. The number of hydrogen-bond donors (Lipinski definition) is 0. The molecule has 0 saturated carbocycles. The minimum atomic E-state index is -0.140. The van der Waals surface area contributed by atoms with E-state index in [9.17, 15) is 4.79 Å². The number of nitrogens with zero attached hydrogens (tertiary/aromatic N) is 3. The molecule has 5 nitrogen and oxygen atoms in total. The summed E-state index contributed by atoms with van der Waals surface area (Å²) in [6, 6.07) is 1.62. The van der Waals surface area contributed by atoms with Gasteiger partial charge >= 0.3 is 0 Å². The molecule has 2 rings (SSSR count). The fourth-order valence-electron chi connectivity index (χ4n) is 1.40.